The lowest BCUT2D eigenvalue weighted by atomic mass is 9.95. The largest absolute Gasteiger partial charge is 0.495 e. The van der Waals surface area contributed by atoms with Crippen LogP contribution in [0.3, 0.4) is 0 Å². The molecular formula is C21H24N4O5. The Labute approximate surface area is 174 Å². The van der Waals surface area contributed by atoms with Gasteiger partial charge in [-0.1, -0.05) is 12.1 Å². The number of anilines is 1. The Kier molecular flexibility index (Phi) is 5.60. The van der Waals surface area contributed by atoms with Crippen molar-refractivity contribution in [2.24, 2.45) is 10.9 Å². The minimum Gasteiger partial charge on any atom is -0.495 e. The second-order valence-electron chi connectivity index (χ2n) is 7.05. The summed E-state index contributed by atoms with van der Waals surface area (Å²) in [5, 5.41) is 2.77. The maximum absolute atomic E-state index is 12.7. The van der Waals surface area contributed by atoms with Gasteiger partial charge in [0.15, 0.2) is 5.92 Å². The molecule has 1 aromatic heterocycles. The summed E-state index contributed by atoms with van der Waals surface area (Å²) in [5.74, 6) is -0.447. The van der Waals surface area contributed by atoms with E-state index in [1.54, 1.807) is 19.2 Å². The Morgan fingerprint density at radius 3 is 2.50 bits per heavy atom. The van der Waals surface area contributed by atoms with Crippen molar-refractivity contribution in [2.45, 2.75) is 6.04 Å². The van der Waals surface area contributed by atoms with Crippen LogP contribution in [0.2, 0.25) is 0 Å². The van der Waals surface area contributed by atoms with Crippen molar-refractivity contribution in [2.75, 3.05) is 45.3 Å². The van der Waals surface area contributed by atoms with Gasteiger partial charge in [-0.05, 0) is 24.3 Å². The fourth-order valence-electron chi connectivity index (χ4n) is 3.83. The zero-order valence-electron chi connectivity index (χ0n) is 16.9. The van der Waals surface area contributed by atoms with Gasteiger partial charge >= 0.3 is 5.97 Å². The Bertz CT molecular complexity index is 935. The maximum atomic E-state index is 12.7. The van der Waals surface area contributed by atoms with Gasteiger partial charge in [0.1, 0.15) is 17.6 Å². The minimum absolute atomic E-state index is 0.444. The number of rotatable bonds is 4. The number of piperazine rings is 1. The fraction of sp³-hybridized carbons (Fsp3) is 0.381. The summed E-state index contributed by atoms with van der Waals surface area (Å²) in [7, 11) is 2.92. The Hall–Kier alpha value is -3.49. The maximum Gasteiger partial charge on any atom is 0.320 e. The smallest absolute Gasteiger partial charge is 0.320 e. The van der Waals surface area contributed by atoms with Crippen LogP contribution in [0.15, 0.2) is 52.1 Å². The average molecular weight is 412 g/mol. The topological polar surface area (TPSA) is 96.6 Å². The Morgan fingerprint density at radius 2 is 1.83 bits per heavy atom. The lowest BCUT2D eigenvalue weighted by Crippen LogP contribution is -2.57. The number of carbonyl (C=O) groups excluding carboxylic acids is 2. The lowest BCUT2D eigenvalue weighted by Gasteiger charge is -2.39. The normalized spacial score (nSPS) is 21.7. The lowest BCUT2D eigenvalue weighted by molar-refractivity contribution is -0.151. The van der Waals surface area contributed by atoms with Crippen molar-refractivity contribution in [3.63, 3.8) is 0 Å². The first-order valence-corrected chi connectivity index (χ1v) is 9.75. The van der Waals surface area contributed by atoms with Crippen LogP contribution in [0.4, 0.5) is 5.69 Å². The van der Waals surface area contributed by atoms with E-state index >= 15 is 0 Å². The molecule has 2 atom stereocenters. The van der Waals surface area contributed by atoms with Crippen molar-refractivity contribution in [1.29, 1.82) is 0 Å². The molecule has 158 valence electrons. The highest BCUT2D eigenvalue weighted by atomic mass is 16.5. The van der Waals surface area contributed by atoms with E-state index in [9.17, 15) is 9.59 Å². The predicted molar refractivity (Wildman–Crippen MR) is 109 cm³/mol. The van der Waals surface area contributed by atoms with Gasteiger partial charge in [0.25, 0.3) is 0 Å². The van der Waals surface area contributed by atoms with E-state index in [1.807, 2.05) is 29.2 Å². The number of benzene rings is 1. The van der Waals surface area contributed by atoms with Gasteiger partial charge in [0.2, 0.25) is 11.9 Å². The summed E-state index contributed by atoms with van der Waals surface area (Å²) in [6.45, 7) is 2.79. The number of nitrogens with one attached hydrogen (secondary N) is 1. The van der Waals surface area contributed by atoms with E-state index in [4.69, 9.17) is 13.9 Å². The van der Waals surface area contributed by atoms with Crippen LogP contribution in [0.5, 0.6) is 5.75 Å². The molecule has 0 aliphatic carbocycles. The van der Waals surface area contributed by atoms with Crippen molar-refractivity contribution in [1.82, 2.24) is 10.2 Å². The number of hydrogen-bond donors (Lipinski definition) is 1. The molecule has 1 aromatic carbocycles. The molecule has 0 bridgehead atoms. The van der Waals surface area contributed by atoms with E-state index < -0.39 is 23.8 Å². The number of para-hydroxylation sites is 2. The Balaban J connectivity index is 1.53. The number of aliphatic imine (C=N–C) groups is 1. The molecule has 0 unspecified atom stereocenters. The number of hydrogen-bond acceptors (Lipinski definition) is 8. The summed E-state index contributed by atoms with van der Waals surface area (Å²) in [6, 6.07) is 10.5. The molecule has 1 saturated heterocycles. The zero-order valence-corrected chi connectivity index (χ0v) is 16.9. The molecule has 30 heavy (non-hydrogen) atoms. The highest BCUT2D eigenvalue weighted by Crippen LogP contribution is 2.32. The first-order chi connectivity index (χ1) is 14.6. The SMILES string of the molecule is COC(=O)[C@H]1C(=O)NC(N2CCN(c3ccccc3OC)CC2)=N[C@H]1c1ccco1. The molecule has 2 aliphatic rings. The van der Waals surface area contributed by atoms with Crippen molar-refractivity contribution >= 4 is 23.5 Å². The van der Waals surface area contributed by atoms with Gasteiger partial charge < -0.3 is 23.7 Å². The number of nitrogens with zero attached hydrogens (tertiary/aromatic N) is 3. The van der Waals surface area contributed by atoms with Crippen LogP contribution in [0.1, 0.15) is 11.8 Å². The minimum atomic E-state index is -1.08. The van der Waals surface area contributed by atoms with E-state index in [0.29, 0.717) is 24.8 Å². The number of methoxy groups -OCH3 is 2. The molecule has 1 N–H and O–H groups in total. The van der Waals surface area contributed by atoms with Gasteiger partial charge in [0.05, 0.1) is 26.2 Å². The fourth-order valence-corrected chi connectivity index (χ4v) is 3.83. The van der Waals surface area contributed by atoms with Crippen LogP contribution in [0.25, 0.3) is 0 Å². The number of esters is 1. The molecule has 0 spiro atoms. The quantitative estimate of drug-likeness (QED) is 0.599. The first kappa shape index (κ1) is 19.8. The third-order valence-corrected chi connectivity index (χ3v) is 5.39. The predicted octanol–water partition coefficient (Wildman–Crippen LogP) is 1.43. The van der Waals surface area contributed by atoms with Crippen LogP contribution in [-0.2, 0) is 14.3 Å². The molecule has 4 rings (SSSR count). The average Bonchev–Trinajstić information content (AvgIpc) is 3.33. The molecule has 9 heteroatoms. The molecule has 2 aromatic rings. The second kappa shape index (κ2) is 8.48. The molecule has 1 amide bonds. The number of amides is 1. The van der Waals surface area contributed by atoms with Crippen LogP contribution in [0, 0.1) is 5.92 Å². The molecular weight excluding hydrogens is 388 g/mol. The second-order valence-corrected chi connectivity index (χ2v) is 7.05. The van der Waals surface area contributed by atoms with Crippen molar-refractivity contribution < 1.29 is 23.5 Å². The third kappa shape index (κ3) is 3.70. The third-order valence-electron chi connectivity index (χ3n) is 5.39. The van der Waals surface area contributed by atoms with E-state index in [0.717, 1.165) is 24.5 Å². The van der Waals surface area contributed by atoms with Crippen molar-refractivity contribution in [3.05, 3.63) is 48.4 Å². The highest BCUT2D eigenvalue weighted by Gasteiger charge is 2.43. The van der Waals surface area contributed by atoms with Gasteiger partial charge in [-0.25, -0.2) is 4.99 Å². The number of furan rings is 1. The van der Waals surface area contributed by atoms with E-state index in [2.05, 4.69) is 15.2 Å². The summed E-state index contributed by atoms with van der Waals surface area (Å²) < 4.78 is 15.7. The van der Waals surface area contributed by atoms with Crippen LogP contribution >= 0.6 is 0 Å². The molecule has 0 saturated carbocycles. The number of carbonyl (C=O) groups is 2. The van der Waals surface area contributed by atoms with Crippen molar-refractivity contribution in [3.8, 4) is 5.75 Å². The van der Waals surface area contributed by atoms with Gasteiger partial charge in [0, 0.05) is 26.2 Å². The first-order valence-electron chi connectivity index (χ1n) is 9.75. The molecule has 3 heterocycles. The molecule has 0 radical (unpaired) electrons. The number of ether oxygens (including phenoxy) is 2. The standard InChI is InChI=1S/C21H24N4O5/c1-28-15-7-4-3-6-14(15)24-9-11-25(12-10-24)21-22-18(16-8-5-13-30-16)17(19(26)23-21)20(27)29-2/h3-8,13,17-18H,9-12H2,1-2H3,(H,22,23,26)/t17-,18+/m1/s1. The van der Waals surface area contributed by atoms with E-state index in [1.165, 1.54) is 13.4 Å². The van der Waals surface area contributed by atoms with Crippen LogP contribution in [-0.4, -0.2) is 63.1 Å². The summed E-state index contributed by atoms with van der Waals surface area (Å²) in [4.78, 5) is 33.8. The van der Waals surface area contributed by atoms with Crippen LogP contribution < -0.4 is 15.0 Å². The highest BCUT2D eigenvalue weighted by molar-refractivity contribution is 6.08. The molecule has 2 aliphatic heterocycles. The Morgan fingerprint density at radius 1 is 1.10 bits per heavy atom. The summed E-state index contributed by atoms with van der Waals surface area (Å²) in [5.41, 5.74) is 1.04. The van der Waals surface area contributed by atoms with Gasteiger partial charge in [-0.3, -0.25) is 14.9 Å². The molecule has 1 fully saturated rings. The summed E-state index contributed by atoms with van der Waals surface area (Å²) in [6.07, 6.45) is 1.50. The summed E-state index contributed by atoms with van der Waals surface area (Å²) >= 11 is 0. The number of guanidine groups is 1. The van der Waals surface area contributed by atoms with Gasteiger partial charge in [-0.2, -0.15) is 0 Å². The zero-order chi connectivity index (χ0) is 21.1. The van der Waals surface area contributed by atoms with Gasteiger partial charge in [-0.15, -0.1) is 0 Å². The molecule has 9 nitrogen and oxygen atoms in total. The van der Waals surface area contributed by atoms with E-state index in [-0.39, 0.29) is 0 Å². The monoisotopic (exact) mass is 412 g/mol.